The molecule has 140 valence electrons. The van der Waals surface area contributed by atoms with E-state index in [2.05, 4.69) is 5.32 Å². The third-order valence-electron chi connectivity index (χ3n) is 5.14. The zero-order valence-corrected chi connectivity index (χ0v) is 16.0. The quantitative estimate of drug-likeness (QED) is 0.673. The van der Waals surface area contributed by atoms with Crippen molar-refractivity contribution in [1.82, 2.24) is 9.88 Å². The van der Waals surface area contributed by atoms with Crippen molar-refractivity contribution >= 4 is 33.4 Å². The average molecular weight is 382 g/mol. The summed E-state index contributed by atoms with van der Waals surface area (Å²) in [5.41, 5.74) is 2.11. The third kappa shape index (κ3) is 3.62. The van der Waals surface area contributed by atoms with Gasteiger partial charge in [-0.3, -0.25) is 4.79 Å². The SMILES string of the molecule is Cn1c(C(=O)O[C@@H](C(=O)NC2CCCC2)c2ccccc2)cc2sccc21. The molecule has 0 unspecified atom stereocenters. The summed E-state index contributed by atoms with van der Waals surface area (Å²) in [6.07, 6.45) is 3.26. The monoisotopic (exact) mass is 382 g/mol. The minimum absolute atomic E-state index is 0.169. The Balaban J connectivity index is 1.58. The van der Waals surface area contributed by atoms with Gasteiger partial charge in [-0.15, -0.1) is 11.3 Å². The number of nitrogens with zero attached hydrogens (tertiary/aromatic N) is 1. The molecule has 0 radical (unpaired) electrons. The number of carbonyl (C=O) groups is 2. The molecule has 6 heteroatoms. The highest BCUT2D eigenvalue weighted by Crippen LogP contribution is 2.27. The molecule has 5 nitrogen and oxygen atoms in total. The molecule has 1 aromatic carbocycles. The van der Waals surface area contributed by atoms with Crippen LogP contribution in [0.3, 0.4) is 0 Å². The summed E-state index contributed by atoms with van der Waals surface area (Å²) in [6, 6.07) is 13.2. The number of nitrogens with one attached hydrogen (secondary N) is 1. The molecule has 0 saturated heterocycles. The Labute approximate surface area is 161 Å². The number of aromatic nitrogens is 1. The summed E-state index contributed by atoms with van der Waals surface area (Å²) in [5, 5.41) is 5.04. The van der Waals surface area contributed by atoms with Gasteiger partial charge in [0.15, 0.2) is 0 Å². The number of esters is 1. The van der Waals surface area contributed by atoms with E-state index < -0.39 is 12.1 Å². The van der Waals surface area contributed by atoms with Crippen LogP contribution in [-0.2, 0) is 16.6 Å². The predicted molar refractivity (Wildman–Crippen MR) is 106 cm³/mol. The number of fused-ring (bicyclic) bond motifs is 1. The first-order valence-corrected chi connectivity index (χ1v) is 10.1. The molecule has 2 aromatic heterocycles. The maximum atomic E-state index is 12.9. The van der Waals surface area contributed by atoms with Crippen LogP contribution in [0, 0.1) is 0 Å². The molecule has 1 amide bonds. The molecule has 0 bridgehead atoms. The topological polar surface area (TPSA) is 60.3 Å². The van der Waals surface area contributed by atoms with E-state index in [1.807, 2.05) is 59.5 Å². The molecular formula is C21H22N2O3S. The van der Waals surface area contributed by atoms with Gasteiger partial charge >= 0.3 is 5.97 Å². The van der Waals surface area contributed by atoms with Crippen LogP contribution in [0.25, 0.3) is 10.2 Å². The molecule has 1 N–H and O–H groups in total. The van der Waals surface area contributed by atoms with Crippen LogP contribution in [0.5, 0.6) is 0 Å². The second-order valence-corrected chi connectivity index (χ2v) is 7.89. The molecule has 1 atom stereocenters. The van der Waals surface area contributed by atoms with Gasteiger partial charge in [0, 0.05) is 18.7 Å². The Morgan fingerprint density at radius 1 is 1.19 bits per heavy atom. The molecule has 4 rings (SSSR count). The normalized spacial score (nSPS) is 15.7. The molecule has 3 aromatic rings. The maximum absolute atomic E-state index is 12.9. The highest BCUT2D eigenvalue weighted by Gasteiger charge is 2.29. The Kier molecular flexibility index (Phi) is 4.99. The predicted octanol–water partition coefficient (Wildman–Crippen LogP) is 4.20. The van der Waals surface area contributed by atoms with E-state index in [4.69, 9.17) is 4.74 Å². The van der Waals surface area contributed by atoms with Crippen molar-refractivity contribution in [1.29, 1.82) is 0 Å². The van der Waals surface area contributed by atoms with Crippen LogP contribution < -0.4 is 5.32 Å². The Bertz CT molecular complexity index is 954. The lowest BCUT2D eigenvalue weighted by molar-refractivity contribution is -0.131. The van der Waals surface area contributed by atoms with E-state index in [9.17, 15) is 9.59 Å². The lowest BCUT2D eigenvalue weighted by Crippen LogP contribution is -2.38. The molecule has 1 aliphatic rings. The van der Waals surface area contributed by atoms with Gasteiger partial charge in [0.05, 0.1) is 10.2 Å². The second-order valence-electron chi connectivity index (χ2n) is 6.94. The van der Waals surface area contributed by atoms with Gasteiger partial charge < -0.3 is 14.6 Å². The van der Waals surface area contributed by atoms with E-state index in [0.717, 1.165) is 35.9 Å². The van der Waals surface area contributed by atoms with E-state index >= 15 is 0 Å². The molecule has 2 heterocycles. The zero-order valence-electron chi connectivity index (χ0n) is 15.2. The highest BCUT2D eigenvalue weighted by atomic mass is 32.1. The summed E-state index contributed by atoms with van der Waals surface area (Å²) in [7, 11) is 1.84. The average Bonchev–Trinajstić information content (AvgIpc) is 3.40. The molecule has 0 aliphatic heterocycles. The smallest absolute Gasteiger partial charge is 0.356 e. The summed E-state index contributed by atoms with van der Waals surface area (Å²) < 4.78 is 8.54. The largest absolute Gasteiger partial charge is 0.443 e. The van der Waals surface area contributed by atoms with Crippen molar-refractivity contribution in [2.75, 3.05) is 0 Å². The van der Waals surface area contributed by atoms with E-state index in [0.29, 0.717) is 11.3 Å². The van der Waals surface area contributed by atoms with Gasteiger partial charge in [-0.2, -0.15) is 0 Å². The first kappa shape index (κ1) is 17.8. The summed E-state index contributed by atoms with van der Waals surface area (Å²) in [5.74, 6) is -0.742. The molecule has 0 spiro atoms. The maximum Gasteiger partial charge on any atom is 0.356 e. The van der Waals surface area contributed by atoms with Crippen molar-refractivity contribution in [3.8, 4) is 0 Å². The van der Waals surface area contributed by atoms with Crippen LogP contribution in [0.2, 0.25) is 0 Å². The first-order valence-electron chi connectivity index (χ1n) is 9.22. The Morgan fingerprint density at radius 3 is 2.63 bits per heavy atom. The molecule has 1 aliphatic carbocycles. The van der Waals surface area contributed by atoms with Gasteiger partial charge in [0.2, 0.25) is 6.10 Å². The first-order chi connectivity index (χ1) is 13.1. The number of hydrogen-bond donors (Lipinski definition) is 1. The second kappa shape index (κ2) is 7.56. The van der Waals surface area contributed by atoms with Gasteiger partial charge in [0.1, 0.15) is 5.69 Å². The van der Waals surface area contributed by atoms with Gasteiger partial charge in [-0.05, 0) is 30.4 Å². The van der Waals surface area contributed by atoms with Crippen LogP contribution in [0.15, 0.2) is 47.8 Å². The van der Waals surface area contributed by atoms with Crippen LogP contribution in [0.4, 0.5) is 0 Å². The minimum atomic E-state index is -0.952. The number of thiophene rings is 1. The van der Waals surface area contributed by atoms with Crippen LogP contribution in [0.1, 0.15) is 47.8 Å². The number of rotatable bonds is 5. The van der Waals surface area contributed by atoms with Crippen LogP contribution in [-0.4, -0.2) is 22.5 Å². The summed E-state index contributed by atoms with van der Waals surface area (Å²) in [4.78, 5) is 25.7. The van der Waals surface area contributed by atoms with Crippen molar-refractivity contribution in [2.24, 2.45) is 7.05 Å². The minimum Gasteiger partial charge on any atom is -0.443 e. The zero-order chi connectivity index (χ0) is 18.8. The Morgan fingerprint density at radius 2 is 1.93 bits per heavy atom. The van der Waals surface area contributed by atoms with Crippen molar-refractivity contribution in [3.63, 3.8) is 0 Å². The lowest BCUT2D eigenvalue weighted by Gasteiger charge is -2.20. The number of amides is 1. The lowest BCUT2D eigenvalue weighted by atomic mass is 10.1. The van der Waals surface area contributed by atoms with E-state index in [-0.39, 0.29) is 11.9 Å². The van der Waals surface area contributed by atoms with Crippen molar-refractivity contribution in [2.45, 2.75) is 37.8 Å². The van der Waals surface area contributed by atoms with Gasteiger partial charge in [0.25, 0.3) is 5.91 Å². The summed E-state index contributed by atoms with van der Waals surface area (Å²) >= 11 is 1.57. The van der Waals surface area contributed by atoms with Crippen molar-refractivity contribution in [3.05, 3.63) is 59.1 Å². The summed E-state index contributed by atoms with van der Waals surface area (Å²) in [6.45, 7) is 0. The highest BCUT2D eigenvalue weighted by molar-refractivity contribution is 7.17. The number of benzene rings is 1. The molecule has 1 fully saturated rings. The standard InChI is InChI=1S/C21H22N2O3S/c1-23-16-11-12-27-18(16)13-17(23)21(25)26-19(14-7-3-2-4-8-14)20(24)22-15-9-5-6-10-15/h2-4,7-8,11-13,15,19H,5-6,9-10H2,1H3,(H,22,24)/t19-/m1/s1. The van der Waals surface area contributed by atoms with Gasteiger partial charge in [-0.1, -0.05) is 43.2 Å². The molecular weight excluding hydrogens is 360 g/mol. The Hall–Kier alpha value is -2.60. The fourth-order valence-corrected chi connectivity index (χ4v) is 4.51. The van der Waals surface area contributed by atoms with Crippen LogP contribution >= 0.6 is 11.3 Å². The number of carbonyl (C=O) groups excluding carboxylic acids is 2. The van der Waals surface area contributed by atoms with Gasteiger partial charge in [-0.25, -0.2) is 4.79 Å². The number of ether oxygens (including phenoxy) is 1. The molecule has 27 heavy (non-hydrogen) atoms. The fraction of sp³-hybridized carbons (Fsp3) is 0.333. The third-order valence-corrected chi connectivity index (χ3v) is 5.99. The fourth-order valence-electron chi connectivity index (χ4n) is 3.66. The van der Waals surface area contributed by atoms with E-state index in [1.54, 1.807) is 11.3 Å². The number of aryl methyl sites for hydroxylation is 1. The van der Waals surface area contributed by atoms with Crippen molar-refractivity contribution < 1.29 is 14.3 Å². The molecule has 1 saturated carbocycles. The number of hydrogen-bond acceptors (Lipinski definition) is 4. The van der Waals surface area contributed by atoms with E-state index in [1.165, 1.54) is 0 Å².